The molecule has 8 nitrogen and oxygen atoms in total. The van der Waals surface area contributed by atoms with Crippen LogP contribution >= 0.6 is 11.6 Å². The van der Waals surface area contributed by atoms with Crippen LogP contribution in [-0.4, -0.2) is 32.2 Å². The molecule has 0 aliphatic heterocycles. The summed E-state index contributed by atoms with van der Waals surface area (Å²) in [5, 5.41) is 13.6. The van der Waals surface area contributed by atoms with Gasteiger partial charge in [0.2, 0.25) is 5.75 Å². The van der Waals surface area contributed by atoms with Gasteiger partial charge in [0.05, 0.1) is 26.3 Å². The van der Waals surface area contributed by atoms with Crippen LogP contribution in [0.25, 0.3) is 0 Å². The summed E-state index contributed by atoms with van der Waals surface area (Å²) in [6.45, 7) is 0.159. The highest BCUT2D eigenvalue weighted by atomic mass is 35.5. The minimum atomic E-state index is -0.641. The summed E-state index contributed by atoms with van der Waals surface area (Å²) in [5.74, 6) is 0.883. The second-order valence-electron chi connectivity index (χ2n) is 5.14. The predicted octanol–water partition coefficient (Wildman–Crippen LogP) is 3.20. The van der Waals surface area contributed by atoms with Crippen LogP contribution in [0.1, 0.15) is 15.9 Å². The van der Waals surface area contributed by atoms with E-state index in [1.165, 1.54) is 33.5 Å². The van der Waals surface area contributed by atoms with E-state index in [2.05, 4.69) is 5.32 Å². The number of halogens is 1. The number of nitrogens with zero attached hydrogens (tertiary/aromatic N) is 1. The summed E-state index contributed by atoms with van der Waals surface area (Å²) in [5.41, 5.74) is 0.511. The smallest absolute Gasteiger partial charge is 0.288 e. The first kappa shape index (κ1) is 19.3. The maximum absolute atomic E-state index is 12.3. The number of nitro benzene ring substituents is 1. The van der Waals surface area contributed by atoms with Gasteiger partial charge in [-0.25, -0.2) is 0 Å². The Balaban J connectivity index is 2.19. The quantitative estimate of drug-likeness (QED) is 0.584. The van der Waals surface area contributed by atoms with E-state index in [1.54, 1.807) is 12.1 Å². The summed E-state index contributed by atoms with van der Waals surface area (Å²) < 4.78 is 15.8. The van der Waals surface area contributed by atoms with E-state index in [-0.39, 0.29) is 22.8 Å². The number of carbonyl (C=O) groups is 1. The molecule has 2 rings (SSSR count). The lowest BCUT2D eigenvalue weighted by atomic mass is 10.1. The topological polar surface area (TPSA) is 99.9 Å². The Morgan fingerprint density at radius 1 is 1.12 bits per heavy atom. The Hall–Kier alpha value is -3.00. The van der Waals surface area contributed by atoms with E-state index in [4.69, 9.17) is 25.8 Å². The van der Waals surface area contributed by atoms with Gasteiger partial charge < -0.3 is 19.5 Å². The number of nitrogens with one attached hydrogen (secondary N) is 1. The molecule has 0 radical (unpaired) electrons. The monoisotopic (exact) mass is 380 g/mol. The molecule has 0 saturated heterocycles. The summed E-state index contributed by atoms with van der Waals surface area (Å²) in [7, 11) is 4.48. The molecule has 0 atom stereocenters. The molecule has 1 N–H and O–H groups in total. The first-order valence-corrected chi connectivity index (χ1v) is 7.80. The van der Waals surface area contributed by atoms with Crippen molar-refractivity contribution in [1.29, 1.82) is 0 Å². The van der Waals surface area contributed by atoms with Gasteiger partial charge in [-0.3, -0.25) is 14.9 Å². The van der Waals surface area contributed by atoms with Crippen molar-refractivity contribution in [3.05, 3.63) is 56.6 Å². The van der Waals surface area contributed by atoms with Crippen molar-refractivity contribution in [2.45, 2.75) is 6.54 Å². The van der Waals surface area contributed by atoms with Gasteiger partial charge in [0.25, 0.3) is 11.6 Å². The van der Waals surface area contributed by atoms with Crippen molar-refractivity contribution < 1.29 is 23.9 Å². The standard InChI is InChI=1S/C17H17ClN2O6/c1-24-14-6-10(7-15(25-2)16(14)26-3)9-19-17(21)11-4-5-12(18)13(8-11)20(22)23/h4-8H,9H2,1-3H3,(H,19,21). The first-order valence-electron chi connectivity index (χ1n) is 7.42. The van der Waals surface area contributed by atoms with Gasteiger partial charge in [0, 0.05) is 18.2 Å². The van der Waals surface area contributed by atoms with Crippen LogP contribution in [0.5, 0.6) is 17.2 Å². The summed E-state index contributed by atoms with van der Waals surface area (Å²) >= 11 is 5.75. The maximum Gasteiger partial charge on any atom is 0.288 e. The number of ether oxygens (including phenoxy) is 3. The van der Waals surface area contributed by atoms with Crippen LogP contribution in [0.4, 0.5) is 5.69 Å². The van der Waals surface area contributed by atoms with Crippen molar-refractivity contribution in [1.82, 2.24) is 5.32 Å². The molecule has 2 aromatic rings. The molecule has 138 valence electrons. The second-order valence-corrected chi connectivity index (χ2v) is 5.55. The summed E-state index contributed by atoms with van der Waals surface area (Å²) in [4.78, 5) is 22.6. The molecule has 1 amide bonds. The number of amides is 1. The molecule has 0 unspecified atom stereocenters. The van der Waals surface area contributed by atoms with Crippen LogP contribution in [0.15, 0.2) is 30.3 Å². The van der Waals surface area contributed by atoms with E-state index < -0.39 is 10.8 Å². The number of rotatable bonds is 7. The highest BCUT2D eigenvalue weighted by Gasteiger charge is 2.17. The van der Waals surface area contributed by atoms with Crippen LogP contribution in [0, 0.1) is 10.1 Å². The first-order chi connectivity index (χ1) is 12.4. The Kier molecular flexibility index (Phi) is 6.24. The second kappa shape index (κ2) is 8.39. The van der Waals surface area contributed by atoms with E-state index >= 15 is 0 Å². The average Bonchev–Trinajstić information content (AvgIpc) is 2.65. The molecule has 26 heavy (non-hydrogen) atoms. The number of carbonyl (C=O) groups excluding carboxylic acids is 1. The number of nitro groups is 1. The molecule has 0 heterocycles. The molecule has 2 aromatic carbocycles. The number of methoxy groups -OCH3 is 3. The molecule has 0 aliphatic carbocycles. The van der Waals surface area contributed by atoms with Gasteiger partial charge in [-0.2, -0.15) is 0 Å². The third-order valence-corrected chi connectivity index (χ3v) is 3.90. The molecular weight excluding hydrogens is 364 g/mol. The van der Waals surface area contributed by atoms with Crippen LogP contribution in [0.3, 0.4) is 0 Å². The normalized spacial score (nSPS) is 10.2. The third-order valence-electron chi connectivity index (χ3n) is 3.58. The minimum absolute atomic E-state index is 0.0313. The average molecular weight is 381 g/mol. The van der Waals surface area contributed by atoms with Gasteiger partial charge in [-0.1, -0.05) is 11.6 Å². The highest BCUT2D eigenvalue weighted by molar-refractivity contribution is 6.32. The van der Waals surface area contributed by atoms with Crippen molar-refractivity contribution in [2.24, 2.45) is 0 Å². The predicted molar refractivity (Wildman–Crippen MR) is 95.4 cm³/mol. The fourth-order valence-electron chi connectivity index (χ4n) is 2.32. The molecule has 0 aliphatic rings. The maximum atomic E-state index is 12.3. The van der Waals surface area contributed by atoms with Crippen molar-refractivity contribution >= 4 is 23.2 Å². The van der Waals surface area contributed by atoms with Crippen LogP contribution < -0.4 is 19.5 Å². The minimum Gasteiger partial charge on any atom is -0.493 e. The van der Waals surface area contributed by atoms with Crippen molar-refractivity contribution in [3.63, 3.8) is 0 Å². The van der Waals surface area contributed by atoms with Gasteiger partial charge in [-0.05, 0) is 29.8 Å². The van der Waals surface area contributed by atoms with Gasteiger partial charge in [0.15, 0.2) is 11.5 Å². The van der Waals surface area contributed by atoms with Gasteiger partial charge in [0.1, 0.15) is 5.02 Å². The highest BCUT2D eigenvalue weighted by Crippen LogP contribution is 2.38. The Morgan fingerprint density at radius 2 is 1.73 bits per heavy atom. The molecule has 0 spiro atoms. The van der Waals surface area contributed by atoms with E-state index in [0.29, 0.717) is 22.8 Å². The summed E-state index contributed by atoms with van der Waals surface area (Å²) in [6.07, 6.45) is 0. The van der Waals surface area contributed by atoms with Crippen molar-refractivity contribution in [3.8, 4) is 17.2 Å². The number of benzene rings is 2. The third kappa shape index (κ3) is 4.15. The fourth-order valence-corrected chi connectivity index (χ4v) is 2.50. The Bertz CT molecular complexity index is 815. The lowest BCUT2D eigenvalue weighted by molar-refractivity contribution is -0.384. The van der Waals surface area contributed by atoms with E-state index in [0.717, 1.165) is 6.07 Å². The van der Waals surface area contributed by atoms with Crippen LogP contribution in [0.2, 0.25) is 5.02 Å². The number of hydrogen-bond acceptors (Lipinski definition) is 6. The SMILES string of the molecule is COc1cc(CNC(=O)c2ccc(Cl)c([N+](=O)[O-])c2)cc(OC)c1OC. The molecule has 0 saturated carbocycles. The zero-order valence-corrected chi connectivity index (χ0v) is 15.1. The molecule has 0 aromatic heterocycles. The lowest BCUT2D eigenvalue weighted by Gasteiger charge is -2.14. The Morgan fingerprint density at radius 3 is 2.23 bits per heavy atom. The largest absolute Gasteiger partial charge is 0.493 e. The van der Waals surface area contributed by atoms with E-state index in [9.17, 15) is 14.9 Å². The molecule has 0 fully saturated rings. The molecular formula is C17H17ClN2O6. The van der Waals surface area contributed by atoms with Crippen LogP contribution in [-0.2, 0) is 6.54 Å². The zero-order valence-electron chi connectivity index (χ0n) is 14.4. The van der Waals surface area contributed by atoms with Crippen molar-refractivity contribution in [2.75, 3.05) is 21.3 Å². The number of hydrogen-bond donors (Lipinski definition) is 1. The molecule has 9 heteroatoms. The lowest BCUT2D eigenvalue weighted by Crippen LogP contribution is -2.23. The van der Waals surface area contributed by atoms with Gasteiger partial charge in [-0.15, -0.1) is 0 Å². The molecule has 0 bridgehead atoms. The summed E-state index contributed by atoms with van der Waals surface area (Å²) in [6, 6.07) is 7.26. The van der Waals surface area contributed by atoms with E-state index in [1.807, 2.05) is 0 Å². The van der Waals surface area contributed by atoms with Gasteiger partial charge >= 0.3 is 0 Å². The fraction of sp³-hybridized carbons (Fsp3) is 0.235. The Labute approximate surface area is 154 Å². The zero-order chi connectivity index (χ0) is 19.3.